The molecule has 2 heteroatoms. The maximum absolute atomic E-state index is 13.6. The highest BCUT2D eigenvalue weighted by Crippen LogP contribution is 2.50. The minimum absolute atomic E-state index is 0.309. The summed E-state index contributed by atoms with van der Waals surface area (Å²) in [6.07, 6.45) is 7.79. The number of benzene rings is 2. The Labute approximate surface area is 164 Å². The summed E-state index contributed by atoms with van der Waals surface area (Å²) in [7, 11) is 0. The van der Waals surface area contributed by atoms with E-state index in [0.717, 1.165) is 24.0 Å². The topological polar surface area (TPSA) is 26.3 Å². The highest BCUT2D eigenvalue weighted by Gasteiger charge is 2.48. The van der Waals surface area contributed by atoms with Crippen LogP contribution in [0.15, 0.2) is 48.5 Å². The maximum atomic E-state index is 13.6. The van der Waals surface area contributed by atoms with Crippen molar-refractivity contribution in [3.05, 3.63) is 59.7 Å². The zero-order valence-electron chi connectivity index (χ0n) is 16.8. The summed E-state index contributed by atoms with van der Waals surface area (Å²) in [6, 6.07) is 16.7. The summed E-state index contributed by atoms with van der Waals surface area (Å²) in [6.45, 7) is 5.29. The zero-order chi connectivity index (χ0) is 19.1. The Hall–Kier alpha value is -1.93. The molecule has 0 bridgehead atoms. The van der Waals surface area contributed by atoms with Crippen molar-refractivity contribution in [2.45, 2.75) is 64.2 Å². The second kappa shape index (κ2) is 9.32. The van der Waals surface area contributed by atoms with Crippen molar-refractivity contribution in [2.75, 3.05) is 13.2 Å². The van der Waals surface area contributed by atoms with Crippen molar-refractivity contribution in [1.29, 1.82) is 0 Å². The van der Waals surface area contributed by atoms with E-state index >= 15 is 0 Å². The van der Waals surface area contributed by atoms with Gasteiger partial charge in [-0.25, -0.2) is 0 Å². The number of ether oxygens (including phenoxy) is 1. The van der Waals surface area contributed by atoms with Crippen LogP contribution in [0.2, 0.25) is 0 Å². The number of rotatable bonds is 11. The molecule has 2 aromatic carbocycles. The number of unbranched alkanes of at least 4 members (excludes halogenated alkanes) is 5. The van der Waals surface area contributed by atoms with Crippen molar-refractivity contribution in [3.63, 3.8) is 0 Å². The maximum Gasteiger partial charge on any atom is 0.150 e. The van der Waals surface area contributed by atoms with Gasteiger partial charge in [-0.2, -0.15) is 0 Å². The van der Waals surface area contributed by atoms with E-state index in [1.54, 1.807) is 0 Å². The second-order valence-electron chi connectivity index (χ2n) is 7.57. The molecule has 3 rings (SSSR count). The lowest BCUT2D eigenvalue weighted by Crippen LogP contribution is -2.40. The van der Waals surface area contributed by atoms with Crippen LogP contribution in [0.25, 0.3) is 11.1 Å². The number of ketones is 1. The van der Waals surface area contributed by atoms with Gasteiger partial charge in [-0.1, -0.05) is 87.6 Å². The van der Waals surface area contributed by atoms with Crippen LogP contribution in [0.3, 0.4) is 0 Å². The molecule has 27 heavy (non-hydrogen) atoms. The summed E-state index contributed by atoms with van der Waals surface area (Å²) in [5.74, 6) is 0.309. The fourth-order valence-corrected chi connectivity index (χ4v) is 4.40. The average Bonchev–Trinajstić information content (AvgIpc) is 3.00. The van der Waals surface area contributed by atoms with Crippen molar-refractivity contribution in [2.24, 2.45) is 0 Å². The Morgan fingerprint density at radius 3 is 1.96 bits per heavy atom. The summed E-state index contributed by atoms with van der Waals surface area (Å²) in [5, 5.41) is 0. The molecule has 0 unspecified atom stereocenters. The minimum Gasteiger partial charge on any atom is -0.380 e. The fourth-order valence-electron chi connectivity index (χ4n) is 4.40. The van der Waals surface area contributed by atoms with E-state index in [4.69, 9.17) is 4.74 Å². The van der Waals surface area contributed by atoms with Gasteiger partial charge in [-0.15, -0.1) is 0 Å². The average molecular weight is 365 g/mol. The van der Waals surface area contributed by atoms with E-state index in [2.05, 4.69) is 43.3 Å². The molecule has 1 aliphatic rings. The molecule has 0 heterocycles. The van der Waals surface area contributed by atoms with E-state index in [0.29, 0.717) is 25.4 Å². The van der Waals surface area contributed by atoms with Gasteiger partial charge in [0.2, 0.25) is 0 Å². The molecule has 0 radical (unpaired) electrons. The highest BCUT2D eigenvalue weighted by atomic mass is 16.5. The molecule has 0 N–H and O–H groups in total. The summed E-state index contributed by atoms with van der Waals surface area (Å²) in [5.41, 5.74) is 3.96. The van der Waals surface area contributed by atoms with Crippen LogP contribution in [0.1, 0.15) is 69.9 Å². The predicted octanol–water partition coefficient (Wildman–Crippen LogP) is 6.31. The van der Waals surface area contributed by atoms with E-state index in [-0.39, 0.29) is 0 Å². The lowest BCUT2D eigenvalue weighted by molar-refractivity contribution is -0.125. The lowest BCUT2D eigenvalue weighted by Gasteiger charge is -2.30. The van der Waals surface area contributed by atoms with Crippen LogP contribution in [-0.2, 0) is 14.9 Å². The molecule has 0 saturated heterocycles. The van der Waals surface area contributed by atoms with E-state index in [9.17, 15) is 4.79 Å². The van der Waals surface area contributed by atoms with Crippen molar-refractivity contribution in [1.82, 2.24) is 0 Å². The van der Waals surface area contributed by atoms with Gasteiger partial charge in [0, 0.05) is 13.0 Å². The molecule has 0 aliphatic heterocycles. The third kappa shape index (κ3) is 3.87. The van der Waals surface area contributed by atoms with Gasteiger partial charge in [0.05, 0.1) is 6.61 Å². The summed E-state index contributed by atoms with van der Waals surface area (Å²) in [4.78, 5) is 13.6. The molecule has 0 amide bonds. The van der Waals surface area contributed by atoms with Gasteiger partial charge in [0.1, 0.15) is 11.2 Å². The monoisotopic (exact) mass is 364 g/mol. The molecule has 0 spiro atoms. The van der Waals surface area contributed by atoms with Crippen LogP contribution in [0.4, 0.5) is 0 Å². The van der Waals surface area contributed by atoms with Gasteiger partial charge in [-0.05, 0) is 35.6 Å². The normalized spacial score (nSPS) is 14.0. The van der Waals surface area contributed by atoms with Gasteiger partial charge in [0.25, 0.3) is 0 Å². The van der Waals surface area contributed by atoms with Crippen molar-refractivity contribution >= 4 is 5.78 Å². The van der Waals surface area contributed by atoms with Gasteiger partial charge in [-0.3, -0.25) is 4.79 Å². The minimum atomic E-state index is -0.646. The molecular weight excluding hydrogens is 332 g/mol. The van der Waals surface area contributed by atoms with Crippen LogP contribution in [-0.4, -0.2) is 19.0 Å². The third-order valence-electron chi connectivity index (χ3n) is 5.82. The predicted molar refractivity (Wildman–Crippen MR) is 112 cm³/mol. The molecule has 0 saturated carbocycles. The molecular formula is C25H32O2. The molecule has 2 nitrogen and oxygen atoms in total. The van der Waals surface area contributed by atoms with Gasteiger partial charge < -0.3 is 4.74 Å². The van der Waals surface area contributed by atoms with Crippen LogP contribution >= 0.6 is 0 Å². The number of hydrogen-bond acceptors (Lipinski definition) is 2. The van der Waals surface area contributed by atoms with Crippen LogP contribution in [0.5, 0.6) is 0 Å². The number of Topliss-reactive ketones (excluding diaryl/α,β-unsaturated/α-hetero) is 1. The van der Waals surface area contributed by atoms with Crippen LogP contribution < -0.4 is 0 Å². The van der Waals surface area contributed by atoms with E-state index < -0.39 is 5.41 Å². The number of fused-ring (bicyclic) bond motifs is 3. The Kier molecular flexibility index (Phi) is 6.84. The SMILES string of the molecule is CCCCCCCCC(=O)C1(COCC)c2ccccc2-c2ccccc21. The third-order valence-corrected chi connectivity index (χ3v) is 5.82. The molecule has 0 aromatic heterocycles. The number of carbonyl (C=O) groups is 1. The summed E-state index contributed by atoms with van der Waals surface area (Å²) < 4.78 is 5.89. The quantitative estimate of drug-likeness (QED) is 0.437. The molecule has 2 aromatic rings. The highest BCUT2D eigenvalue weighted by molar-refractivity contribution is 6.01. The van der Waals surface area contributed by atoms with Gasteiger partial charge >= 0.3 is 0 Å². The number of hydrogen-bond donors (Lipinski definition) is 0. The summed E-state index contributed by atoms with van der Waals surface area (Å²) >= 11 is 0. The first kappa shape index (κ1) is 19.8. The Bertz CT molecular complexity index is 717. The van der Waals surface area contributed by atoms with Crippen molar-refractivity contribution in [3.8, 4) is 11.1 Å². The van der Waals surface area contributed by atoms with E-state index in [1.807, 2.05) is 19.1 Å². The first-order valence-corrected chi connectivity index (χ1v) is 10.6. The zero-order valence-corrected chi connectivity index (χ0v) is 16.8. The molecule has 0 fully saturated rings. The standard InChI is InChI=1S/C25H32O2/c1-3-5-6-7-8-9-18-24(26)25(19-27-4-2)22-16-12-10-14-20(22)21-15-11-13-17-23(21)25/h10-17H,3-9,18-19H2,1-2H3. The molecule has 0 atom stereocenters. The Morgan fingerprint density at radius 2 is 1.37 bits per heavy atom. The van der Waals surface area contributed by atoms with Crippen molar-refractivity contribution < 1.29 is 9.53 Å². The first-order chi connectivity index (χ1) is 13.3. The molecule has 1 aliphatic carbocycles. The second-order valence-corrected chi connectivity index (χ2v) is 7.57. The Balaban J connectivity index is 1.87. The van der Waals surface area contributed by atoms with E-state index in [1.165, 1.54) is 36.8 Å². The Morgan fingerprint density at radius 1 is 0.815 bits per heavy atom. The van der Waals surface area contributed by atoms with Gasteiger partial charge in [0.15, 0.2) is 0 Å². The number of carbonyl (C=O) groups excluding carboxylic acids is 1. The van der Waals surface area contributed by atoms with Crippen LogP contribution in [0, 0.1) is 0 Å². The lowest BCUT2D eigenvalue weighted by atomic mass is 9.73. The largest absolute Gasteiger partial charge is 0.380 e. The molecule has 144 valence electrons. The first-order valence-electron chi connectivity index (χ1n) is 10.6. The fraction of sp³-hybridized carbons (Fsp3) is 0.480. The smallest absolute Gasteiger partial charge is 0.150 e.